The molecule has 0 fully saturated rings. The van der Waals surface area contributed by atoms with Gasteiger partial charge in [-0.3, -0.25) is 9.59 Å². The van der Waals surface area contributed by atoms with Crippen LogP contribution in [0.5, 0.6) is 0 Å². The lowest BCUT2D eigenvalue weighted by Crippen LogP contribution is -2.36. The molecule has 1 aromatic carbocycles. The molecule has 0 aliphatic rings. The minimum atomic E-state index is -0.494. The lowest BCUT2D eigenvalue weighted by molar-refractivity contribution is -0.127. The largest absolute Gasteiger partial charge is 0.347 e. The van der Waals surface area contributed by atoms with E-state index in [4.69, 9.17) is 0 Å². The van der Waals surface area contributed by atoms with Crippen molar-refractivity contribution in [3.63, 3.8) is 0 Å². The number of carbonyl (C=O) groups excluding carboxylic acids is 2. The van der Waals surface area contributed by atoms with Crippen LogP contribution in [0, 0.1) is 11.7 Å². The van der Waals surface area contributed by atoms with E-state index < -0.39 is 11.7 Å². The second-order valence-electron chi connectivity index (χ2n) is 4.99. The van der Waals surface area contributed by atoms with Crippen LogP contribution in [0.4, 0.5) is 10.1 Å². The molecule has 116 valence electrons. The molecular formula is C16H23FN2O2. The van der Waals surface area contributed by atoms with Gasteiger partial charge in [0.2, 0.25) is 11.8 Å². The summed E-state index contributed by atoms with van der Waals surface area (Å²) in [7, 11) is 0. The Morgan fingerprint density at radius 1 is 1.24 bits per heavy atom. The molecule has 5 heteroatoms. The number of benzene rings is 1. The average molecular weight is 294 g/mol. The highest BCUT2D eigenvalue weighted by Gasteiger charge is 2.16. The minimum Gasteiger partial charge on any atom is -0.347 e. The molecule has 0 radical (unpaired) electrons. The maximum atomic E-state index is 13.4. The molecule has 1 unspecified atom stereocenters. The van der Waals surface area contributed by atoms with E-state index in [-0.39, 0.29) is 24.1 Å². The zero-order valence-electron chi connectivity index (χ0n) is 12.6. The van der Waals surface area contributed by atoms with Crippen molar-refractivity contribution in [2.45, 2.75) is 39.5 Å². The van der Waals surface area contributed by atoms with E-state index in [1.165, 1.54) is 12.1 Å². The third kappa shape index (κ3) is 5.94. The van der Waals surface area contributed by atoms with E-state index in [0.29, 0.717) is 0 Å². The van der Waals surface area contributed by atoms with Crippen molar-refractivity contribution in [1.29, 1.82) is 0 Å². The van der Waals surface area contributed by atoms with Gasteiger partial charge in [0, 0.05) is 5.92 Å². The van der Waals surface area contributed by atoms with Gasteiger partial charge >= 0.3 is 0 Å². The number of para-hydroxylation sites is 1. The van der Waals surface area contributed by atoms with Crippen molar-refractivity contribution in [3.8, 4) is 0 Å². The first-order chi connectivity index (χ1) is 10.1. The summed E-state index contributed by atoms with van der Waals surface area (Å²) in [5, 5.41) is 5.05. The minimum absolute atomic E-state index is 0.0637. The third-order valence-electron chi connectivity index (χ3n) is 3.34. The molecule has 0 aliphatic heterocycles. The summed E-state index contributed by atoms with van der Waals surface area (Å²) in [6.45, 7) is 3.89. The van der Waals surface area contributed by atoms with Gasteiger partial charge in [-0.15, -0.1) is 0 Å². The number of unbranched alkanes of at least 4 members (excludes halogenated alkanes) is 1. The van der Waals surface area contributed by atoms with Crippen LogP contribution in [0.2, 0.25) is 0 Å². The molecule has 0 spiro atoms. The fourth-order valence-corrected chi connectivity index (χ4v) is 2.04. The molecule has 0 aromatic heterocycles. The highest BCUT2D eigenvalue weighted by Crippen LogP contribution is 2.13. The predicted molar refractivity (Wildman–Crippen MR) is 81.3 cm³/mol. The van der Waals surface area contributed by atoms with E-state index in [2.05, 4.69) is 17.6 Å². The van der Waals surface area contributed by atoms with Crippen molar-refractivity contribution < 1.29 is 14.0 Å². The first-order valence-electron chi connectivity index (χ1n) is 7.40. The normalized spacial score (nSPS) is 11.8. The van der Waals surface area contributed by atoms with Crippen LogP contribution in [0.3, 0.4) is 0 Å². The van der Waals surface area contributed by atoms with Crippen molar-refractivity contribution >= 4 is 17.5 Å². The number of rotatable bonds is 8. The number of carbonyl (C=O) groups is 2. The number of amides is 2. The topological polar surface area (TPSA) is 58.2 Å². The molecule has 0 saturated heterocycles. The van der Waals surface area contributed by atoms with Crippen LogP contribution in [-0.2, 0) is 9.59 Å². The second-order valence-corrected chi connectivity index (χ2v) is 4.99. The van der Waals surface area contributed by atoms with E-state index in [1.54, 1.807) is 12.1 Å². The number of hydrogen-bond donors (Lipinski definition) is 2. The quantitative estimate of drug-likeness (QED) is 0.774. The third-order valence-corrected chi connectivity index (χ3v) is 3.34. The van der Waals surface area contributed by atoms with Gasteiger partial charge in [0.1, 0.15) is 5.82 Å². The number of nitrogens with one attached hydrogen (secondary N) is 2. The van der Waals surface area contributed by atoms with E-state index in [0.717, 1.165) is 25.7 Å². The fourth-order valence-electron chi connectivity index (χ4n) is 2.04. The Bertz CT molecular complexity index is 477. The highest BCUT2D eigenvalue weighted by molar-refractivity contribution is 5.94. The zero-order chi connectivity index (χ0) is 15.7. The standard InChI is InChI=1S/C16H23FN2O2/c1-3-5-8-12(4-2)16(21)18-11-15(20)19-14-10-7-6-9-13(14)17/h6-7,9-10,12H,3-5,8,11H2,1-2H3,(H,18,21)(H,19,20). The summed E-state index contributed by atoms with van der Waals surface area (Å²) in [6, 6.07) is 5.93. The Balaban J connectivity index is 2.41. The summed E-state index contributed by atoms with van der Waals surface area (Å²) < 4.78 is 13.4. The van der Waals surface area contributed by atoms with Crippen molar-refractivity contribution in [3.05, 3.63) is 30.1 Å². The molecule has 0 heterocycles. The molecule has 0 saturated carbocycles. The van der Waals surface area contributed by atoms with Gasteiger partial charge in [-0.2, -0.15) is 0 Å². The highest BCUT2D eigenvalue weighted by atomic mass is 19.1. The molecule has 1 atom stereocenters. The van der Waals surface area contributed by atoms with E-state index >= 15 is 0 Å². The lowest BCUT2D eigenvalue weighted by Gasteiger charge is -2.14. The molecular weight excluding hydrogens is 271 g/mol. The number of hydrogen-bond acceptors (Lipinski definition) is 2. The van der Waals surface area contributed by atoms with Crippen LogP contribution >= 0.6 is 0 Å². The Hall–Kier alpha value is -1.91. The monoisotopic (exact) mass is 294 g/mol. The second kappa shape index (κ2) is 9.10. The van der Waals surface area contributed by atoms with Crippen molar-refractivity contribution in [2.24, 2.45) is 5.92 Å². The van der Waals surface area contributed by atoms with E-state index in [9.17, 15) is 14.0 Å². The average Bonchev–Trinajstić information content (AvgIpc) is 2.48. The van der Waals surface area contributed by atoms with Crippen molar-refractivity contribution in [1.82, 2.24) is 5.32 Å². The molecule has 0 bridgehead atoms. The van der Waals surface area contributed by atoms with Gasteiger partial charge in [-0.1, -0.05) is 38.8 Å². The fraction of sp³-hybridized carbons (Fsp3) is 0.500. The maximum Gasteiger partial charge on any atom is 0.243 e. The summed E-state index contributed by atoms with van der Waals surface area (Å²) in [5.41, 5.74) is 0.120. The molecule has 1 aromatic rings. The molecule has 2 amide bonds. The van der Waals surface area contributed by atoms with Crippen LogP contribution in [0.1, 0.15) is 39.5 Å². The Kier molecular flexibility index (Phi) is 7.43. The van der Waals surface area contributed by atoms with Gasteiger partial charge in [-0.05, 0) is 25.0 Å². The van der Waals surface area contributed by atoms with Crippen LogP contribution in [0.25, 0.3) is 0 Å². The smallest absolute Gasteiger partial charge is 0.243 e. The first-order valence-corrected chi connectivity index (χ1v) is 7.40. The Morgan fingerprint density at radius 3 is 2.57 bits per heavy atom. The molecule has 2 N–H and O–H groups in total. The van der Waals surface area contributed by atoms with Gasteiger partial charge < -0.3 is 10.6 Å². The summed E-state index contributed by atoms with van der Waals surface area (Å²) in [5.74, 6) is -1.11. The molecule has 1 rings (SSSR count). The van der Waals surface area contributed by atoms with Crippen LogP contribution in [0.15, 0.2) is 24.3 Å². The maximum absolute atomic E-state index is 13.4. The molecule has 21 heavy (non-hydrogen) atoms. The number of anilines is 1. The van der Waals surface area contributed by atoms with Crippen LogP contribution in [-0.4, -0.2) is 18.4 Å². The zero-order valence-corrected chi connectivity index (χ0v) is 12.6. The number of halogens is 1. The van der Waals surface area contributed by atoms with Gasteiger partial charge in [0.05, 0.1) is 12.2 Å². The molecule has 0 aliphatic carbocycles. The Morgan fingerprint density at radius 2 is 1.95 bits per heavy atom. The van der Waals surface area contributed by atoms with Gasteiger partial charge in [0.15, 0.2) is 0 Å². The van der Waals surface area contributed by atoms with E-state index in [1.807, 2.05) is 6.92 Å². The summed E-state index contributed by atoms with van der Waals surface area (Å²) >= 11 is 0. The first kappa shape index (κ1) is 17.1. The summed E-state index contributed by atoms with van der Waals surface area (Å²) in [4.78, 5) is 23.6. The van der Waals surface area contributed by atoms with Gasteiger partial charge in [0.25, 0.3) is 0 Å². The summed E-state index contributed by atoms with van der Waals surface area (Å²) in [6.07, 6.45) is 3.61. The van der Waals surface area contributed by atoms with Crippen molar-refractivity contribution in [2.75, 3.05) is 11.9 Å². The lowest BCUT2D eigenvalue weighted by atomic mass is 9.98. The Labute approximate surface area is 125 Å². The van der Waals surface area contributed by atoms with Gasteiger partial charge in [-0.25, -0.2) is 4.39 Å². The predicted octanol–water partition coefficient (Wildman–Crippen LogP) is 3.10. The SMILES string of the molecule is CCCCC(CC)C(=O)NCC(=O)Nc1ccccc1F. The molecule has 4 nitrogen and oxygen atoms in total. The van der Waals surface area contributed by atoms with Crippen LogP contribution < -0.4 is 10.6 Å².